The van der Waals surface area contributed by atoms with Crippen molar-refractivity contribution in [1.82, 2.24) is 15.3 Å². The average molecular weight is 671 g/mol. The van der Waals surface area contributed by atoms with E-state index in [2.05, 4.69) is 25.9 Å². The number of benzene rings is 1. The predicted octanol–water partition coefficient (Wildman–Crippen LogP) is 6.47. The van der Waals surface area contributed by atoms with Crippen molar-refractivity contribution in [2.45, 2.75) is 78.4 Å². The van der Waals surface area contributed by atoms with Crippen LogP contribution in [0.1, 0.15) is 53.5 Å². The third-order valence-electron chi connectivity index (χ3n) is 7.42. The van der Waals surface area contributed by atoms with E-state index in [1.54, 1.807) is 48.5 Å². The van der Waals surface area contributed by atoms with E-state index in [1.165, 1.54) is 29.4 Å². The number of aromatic nitrogens is 2. The molecule has 5 rings (SSSR count). The molecule has 2 atom stereocenters. The van der Waals surface area contributed by atoms with E-state index in [4.69, 9.17) is 18.9 Å². The summed E-state index contributed by atoms with van der Waals surface area (Å²) in [5, 5.41) is 8.47. The zero-order valence-corrected chi connectivity index (χ0v) is 28.0. The number of alkyl halides is 1. The molecule has 15 heteroatoms. The lowest BCUT2D eigenvalue weighted by Gasteiger charge is -2.32. The van der Waals surface area contributed by atoms with Gasteiger partial charge in [-0.2, -0.15) is 0 Å². The molecule has 3 amide bonds. The van der Waals surface area contributed by atoms with Crippen LogP contribution in [-0.2, 0) is 14.2 Å². The summed E-state index contributed by atoms with van der Waals surface area (Å²) in [7, 11) is 0. The van der Waals surface area contributed by atoms with E-state index in [-0.39, 0.29) is 48.0 Å². The van der Waals surface area contributed by atoms with E-state index >= 15 is 4.39 Å². The van der Waals surface area contributed by atoms with E-state index < -0.39 is 47.6 Å². The van der Waals surface area contributed by atoms with Crippen molar-refractivity contribution in [1.29, 1.82) is 0 Å². The Morgan fingerprint density at radius 3 is 2.42 bits per heavy atom. The van der Waals surface area contributed by atoms with Crippen molar-refractivity contribution in [3.8, 4) is 17.0 Å². The van der Waals surface area contributed by atoms with Crippen LogP contribution in [-0.4, -0.2) is 78.0 Å². The van der Waals surface area contributed by atoms with Gasteiger partial charge in [-0.1, -0.05) is 0 Å². The van der Waals surface area contributed by atoms with Gasteiger partial charge < -0.3 is 24.3 Å². The summed E-state index contributed by atoms with van der Waals surface area (Å²) in [4.78, 5) is 48.7. The van der Waals surface area contributed by atoms with Crippen molar-refractivity contribution in [2.24, 2.45) is 0 Å². The second-order valence-electron chi connectivity index (χ2n) is 13.5. The Bertz CT molecular complexity index is 1740. The molecule has 0 aliphatic carbocycles. The Hall–Kier alpha value is -4.79. The molecular formula is C33H40F2N6O7. The summed E-state index contributed by atoms with van der Waals surface area (Å²) in [6.07, 6.45) is -1.68. The number of carbonyl (C=O) groups is 3. The maximum atomic E-state index is 16.6. The number of halogens is 2. The van der Waals surface area contributed by atoms with Gasteiger partial charge in [0.1, 0.15) is 41.6 Å². The smallest absolute Gasteiger partial charge is 0.415 e. The minimum Gasteiger partial charge on any atom is -0.474 e. The van der Waals surface area contributed by atoms with E-state index in [1.807, 2.05) is 0 Å². The third-order valence-corrected chi connectivity index (χ3v) is 7.42. The first-order chi connectivity index (χ1) is 22.5. The molecule has 0 radical (unpaired) electrons. The van der Waals surface area contributed by atoms with Crippen molar-refractivity contribution >= 4 is 46.2 Å². The van der Waals surface area contributed by atoms with Crippen LogP contribution in [0.2, 0.25) is 0 Å². The molecule has 1 saturated heterocycles. The molecule has 0 spiro atoms. The Labute approximate surface area is 276 Å². The number of hydrogen-bond donors (Lipinski definition) is 3. The quantitative estimate of drug-likeness (QED) is 0.263. The highest BCUT2D eigenvalue weighted by atomic mass is 19.1. The number of anilines is 3. The van der Waals surface area contributed by atoms with Gasteiger partial charge in [0.2, 0.25) is 5.88 Å². The summed E-state index contributed by atoms with van der Waals surface area (Å²) in [5.41, 5.74) is -0.777. The first-order valence-electron chi connectivity index (χ1n) is 15.6. The highest BCUT2D eigenvalue weighted by Crippen LogP contribution is 2.42. The molecule has 4 heterocycles. The number of pyridine rings is 2. The minimum atomic E-state index is -1.36. The normalized spacial score (nSPS) is 18.0. The number of ether oxygens (including phenoxy) is 4. The number of nitrogens with one attached hydrogen (secondary N) is 3. The van der Waals surface area contributed by atoms with Crippen LogP contribution in [0.15, 0.2) is 24.5 Å². The fraction of sp³-hybridized carbons (Fsp3) is 0.485. The maximum absolute atomic E-state index is 16.6. The number of amides is 3. The predicted molar refractivity (Wildman–Crippen MR) is 175 cm³/mol. The first-order valence-corrected chi connectivity index (χ1v) is 15.6. The Morgan fingerprint density at radius 1 is 1.00 bits per heavy atom. The largest absolute Gasteiger partial charge is 0.474 e. The summed E-state index contributed by atoms with van der Waals surface area (Å²) in [5.74, 6) is -0.594. The molecular weight excluding hydrogens is 630 g/mol. The van der Waals surface area contributed by atoms with Crippen LogP contribution in [0.3, 0.4) is 0 Å². The van der Waals surface area contributed by atoms with Crippen molar-refractivity contribution < 1.29 is 42.1 Å². The monoisotopic (exact) mass is 670 g/mol. The highest BCUT2D eigenvalue weighted by molar-refractivity contribution is 6.05. The van der Waals surface area contributed by atoms with Gasteiger partial charge in [0.05, 0.1) is 12.2 Å². The maximum Gasteiger partial charge on any atom is 0.415 e. The molecule has 258 valence electrons. The Morgan fingerprint density at radius 2 is 1.73 bits per heavy atom. The molecule has 0 unspecified atom stereocenters. The van der Waals surface area contributed by atoms with Gasteiger partial charge in [-0.15, -0.1) is 0 Å². The molecule has 1 fully saturated rings. The van der Waals surface area contributed by atoms with Crippen LogP contribution in [0.25, 0.3) is 21.9 Å². The van der Waals surface area contributed by atoms with E-state index in [9.17, 15) is 18.8 Å². The molecule has 2 aliphatic heterocycles. The number of piperidine rings is 1. The molecule has 2 aromatic heterocycles. The van der Waals surface area contributed by atoms with E-state index in [0.29, 0.717) is 35.2 Å². The lowest BCUT2D eigenvalue weighted by molar-refractivity contribution is 0.0342. The first kappa shape index (κ1) is 34.5. The minimum absolute atomic E-state index is 0.0192. The zero-order valence-electron chi connectivity index (χ0n) is 28.0. The SMILES string of the molecule is Cc1c(-c2cc3cc(NC(=O)O[C@H]4CCNC[C@H]4F)ncc3c(NC(=O)OC(C)(C)C)c2F)cnc2c1N(C(=O)OC(C)(C)C)CCO2. The fourth-order valence-electron chi connectivity index (χ4n) is 5.37. The second-order valence-corrected chi connectivity index (χ2v) is 13.5. The molecule has 13 nitrogen and oxygen atoms in total. The molecule has 0 bridgehead atoms. The average Bonchev–Trinajstić information content (AvgIpc) is 2.98. The number of nitrogens with zero attached hydrogens (tertiary/aromatic N) is 3. The van der Waals surface area contributed by atoms with Crippen LogP contribution < -0.4 is 25.6 Å². The molecule has 3 aromatic rings. The number of hydrogen-bond acceptors (Lipinski definition) is 10. The number of carbonyl (C=O) groups excluding carboxylic acids is 3. The fourth-order valence-corrected chi connectivity index (χ4v) is 5.37. The van der Waals surface area contributed by atoms with Crippen molar-refractivity contribution in [3.63, 3.8) is 0 Å². The summed E-state index contributed by atoms with van der Waals surface area (Å²) in [6, 6.07) is 2.97. The van der Waals surface area contributed by atoms with Gasteiger partial charge in [0, 0.05) is 35.5 Å². The molecule has 2 aliphatic rings. The van der Waals surface area contributed by atoms with Crippen LogP contribution in [0.4, 0.5) is 40.4 Å². The molecule has 0 saturated carbocycles. The van der Waals surface area contributed by atoms with Crippen LogP contribution in [0.5, 0.6) is 5.88 Å². The third kappa shape index (κ3) is 7.84. The molecule has 1 aromatic carbocycles. The zero-order chi connectivity index (χ0) is 35.0. The summed E-state index contributed by atoms with van der Waals surface area (Å²) >= 11 is 0. The lowest BCUT2D eigenvalue weighted by atomic mass is 9.96. The standard InChI is InChI=1S/C33H40F2N6O7/c1-17-20(14-38-28-27(17)41(10-11-45-28)31(44)48-33(5,6)7)19-12-18-13-24(39-29(42)46-23-8-9-36-16-22(23)34)37-15-21(18)26(25(19)35)40-30(43)47-32(2,3)4/h12-15,22-23,36H,8-11,16H2,1-7H3,(H,40,43)(H,37,39,42)/t22-,23+/m1/s1. The van der Waals surface area contributed by atoms with Gasteiger partial charge in [-0.3, -0.25) is 15.5 Å². The summed E-state index contributed by atoms with van der Waals surface area (Å²) < 4.78 is 52.8. The number of rotatable bonds is 4. The van der Waals surface area contributed by atoms with E-state index in [0.717, 1.165) is 0 Å². The topological polar surface area (TPSA) is 153 Å². The molecule has 48 heavy (non-hydrogen) atoms. The Balaban J connectivity index is 1.58. The number of fused-ring (bicyclic) bond motifs is 2. The van der Waals surface area contributed by atoms with Gasteiger partial charge in [0.25, 0.3) is 0 Å². The van der Waals surface area contributed by atoms with Gasteiger partial charge in [-0.25, -0.2) is 33.1 Å². The highest BCUT2D eigenvalue weighted by Gasteiger charge is 2.33. The lowest BCUT2D eigenvalue weighted by Crippen LogP contribution is -2.44. The van der Waals surface area contributed by atoms with Gasteiger partial charge in [-0.05, 0) is 84.5 Å². The van der Waals surface area contributed by atoms with Gasteiger partial charge in [0.15, 0.2) is 5.82 Å². The van der Waals surface area contributed by atoms with Gasteiger partial charge >= 0.3 is 18.3 Å². The van der Waals surface area contributed by atoms with Crippen LogP contribution >= 0.6 is 0 Å². The molecule has 3 N–H and O–H groups in total. The van der Waals surface area contributed by atoms with Crippen molar-refractivity contribution in [3.05, 3.63) is 35.9 Å². The van der Waals surface area contributed by atoms with Crippen LogP contribution in [0, 0.1) is 12.7 Å². The Kier molecular flexibility index (Phi) is 9.62. The van der Waals surface area contributed by atoms with Crippen molar-refractivity contribution in [2.75, 3.05) is 41.8 Å². The summed E-state index contributed by atoms with van der Waals surface area (Å²) in [6.45, 7) is 12.9. The second kappa shape index (κ2) is 13.4.